The summed E-state index contributed by atoms with van der Waals surface area (Å²) in [5, 5.41) is 0. The number of halogens is 2. The summed E-state index contributed by atoms with van der Waals surface area (Å²) in [4.78, 5) is 11.6. The molecule has 2 nitrogen and oxygen atoms in total. The molecule has 1 aromatic carbocycles. The number of methoxy groups -OCH3 is 1. The van der Waals surface area contributed by atoms with Gasteiger partial charge in [0.05, 0.1) is 12.7 Å². The van der Waals surface area contributed by atoms with Gasteiger partial charge in [0.2, 0.25) is 0 Å². The molecule has 0 amide bonds. The smallest absolute Gasteiger partial charge is 0.167 e. The quantitative estimate of drug-likeness (QED) is 0.624. The van der Waals surface area contributed by atoms with Crippen LogP contribution in [-0.2, 0) is 0 Å². The Balaban J connectivity index is 3.03. The lowest BCUT2D eigenvalue weighted by Gasteiger charge is -2.06. The van der Waals surface area contributed by atoms with Gasteiger partial charge in [-0.2, -0.15) is 0 Å². The number of hydrogen-bond acceptors (Lipinski definition) is 2. The van der Waals surface area contributed by atoms with Crippen LogP contribution in [-0.4, -0.2) is 18.8 Å². The maximum Gasteiger partial charge on any atom is 0.167 e. The SMILES string of the molecule is COc1ccc(Br)cc1C(=O)CCCl. The van der Waals surface area contributed by atoms with Crippen molar-refractivity contribution in [2.75, 3.05) is 13.0 Å². The van der Waals surface area contributed by atoms with Crippen LogP contribution in [0.3, 0.4) is 0 Å². The topological polar surface area (TPSA) is 26.3 Å². The van der Waals surface area contributed by atoms with Gasteiger partial charge in [-0.1, -0.05) is 15.9 Å². The highest BCUT2D eigenvalue weighted by molar-refractivity contribution is 9.10. The molecule has 0 aliphatic carbocycles. The minimum Gasteiger partial charge on any atom is -0.496 e. The standard InChI is InChI=1S/C10H10BrClO2/c1-14-10-3-2-7(11)6-8(10)9(13)4-5-12/h2-3,6H,4-5H2,1H3. The average molecular weight is 278 g/mol. The number of benzene rings is 1. The van der Waals surface area contributed by atoms with Gasteiger partial charge in [-0.25, -0.2) is 0 Å². The van der Waals surface area contributed by atoms with Crippen LogP contribution >= 0.6 is 27.5 Å². The second-order valence-electron chi connectivity index (χ2n) is 2.71. The fourth-order valence-electron chi connectivity index (χ4n) is 1.12. The number of Topliss-reactive ketones (excluding diaryl/α,β-unsaturated/α-hetero) is 1. The lowest BCUT2D eigenvalue weighted by molar-refractivity contribution is 0.0986. The van der Waals surface area contributed by atoms with Crippen molar-refractivity contribution in [2.24, 2.45) is 0 Å². The molecule has 0 N–H and O–H groups in total. The van der Waals surface area contributed by atoms with E-state index in [9.17, 15) is 4.79 Å². The minimum atomic E-state index is -0.00171. The molecule has 0 saturated carbocycles. The van der Waals surface area contributed by atoms with E-state index in [2.05, 4.69) is 15.9 Å². The Labute approximate surface area is 96.3 Å². The summed E-state index contributed by atoms with van der Waals surface area (Å²) in [7, 11) is 1.54. The number of carbonyl (C=O) groups excluding carboxylic acids is 1. The number of rotatable bonds is 4. The molecule has 14 heavy (non-hydrogen) atoms. The first-order valence-corrected chi connectivity index (χ1v) is 5.44. The molecule has 0 spiro atoms. The number of ketones is 1. The fourth-order valence-corrected chi connectivity index (χ4v) is 1.65. The molecular weight excluding hydrogens is 267 g/mol. The third kappa shape index (κ3) is 2.72. The van der Waals surface area contributed by atoms with Crippen LogP contribution in [0.1, 0.15) is 16.8 Å². The van der Waals surface area contributed by atoms with Gasteiger partial charge in [-0.05, 0) is 18.2 Å². The van der Waals surface area contributed by atoms with Gasteiger partial charge < -0.3 is 4.74 Å². The van der Waals surface area contributed by atoms with Gasteiger partial charge in [0, 0.05) is 16.8 Å². The predicted molar refractivity (Wildman–Crippen MR) is 60.4 cm³/mol. The monoisotopic (exact) mass is 276 g/mol. The van der Waals surface area contributed by atoms with Crippen molar-refractivity contribution in [3.8, 4) is 5.75 Å². The van der Waals surface area contributed by atoms with Crippen LogP contribution in [0.4, 0.5) is 0 Å². The molecule has 76 valence electrons. The van der Waals surface area contributed by atoms with E-state index < -0.39 is 0 Å². The highest BCUT2D eigenvalue weighted by Gasteiger charge is 2.11. The van der Waals surface area contributed by atoms with E-state index in [4.69, 9.17) is 16.3 Å². The molecule has 1 rings (SSSR count). The maximum absolute atomic E-state index is 11.6. The van der Waals surface area contributed by atoms with E-state index in [-0.39, 0.29) is 5.78 Å². The third-order valence-electron chi connectivity index (χ3n) is 1.78. The largest absolute Gasteiger partial charge is 0.496 e. The zero-order valence-corrected chi connectivity index (χ0v) is 10.1. The molecule has 0 saturated heterocycles. The van der Waals surface area contributed by atoms with E-state index >= 15 is 0 Å². The van der Waals surface area contributed by atoms with Crippen LogP contribution < -0.4 is 4.74 Å². The minimum absolute atomic E-state index is 0.00171. The van der Waals surface area contributed by atoms with Crippen LogP contribution in [0, 0.1) is 0 Å². The van der Waals surface area contributed by atoms with Gasteiger partial charge >= 0.3 is 0 Å². The van der Waals surface area contributed by atoms with Crippen LogP contribution in [0.5, 0.6) is 5.75 Å². The Morgan fingerprint density at radius 1 is 1.57 bits per heavy atom. The Morgan fingerprint density at radius 2 is 2.29 bits per heavy atom. The van der Waals surface area contributed by atoms with Crippen LogP contribution in [0.15, 0.2) is 22.7 Å². The third-order valence-corrected chi connectivity index (χ3v) is 2.47. The molecule has 0 atom stereocenters. The summed E-state index contributed by atoms with van der Waals surface area (Å²) < 4.78 is 5.94. The molecule has 0 fully saturated rings. The Kier molecular flexibility index (Phi) is 4.42. The Hall–Kier alpha value is -0.540. The molecule has 0 aromatic heterocycles. The molecule has 0 aliphatic heterocycles. The fraction of sp³-hybridized carbons (Fsp3) is 0.300. The van der Waals surface area contributed by atoms with Crippen molar-refractivity contribution in [2.45, 2.75) is 6.42 Å². The van der Waals surface area contributed by atoms with Crippen molar-refractivity contribution in [3.63, 3.8) is 0 Å². The van der Waals surface area contributed by atoms with Crippen molar-refractivity contribution in [1.29, 1.82) is 0 Å². The lowest BCUT2D eigenvalue weighted by atomic mass is 10.1. The van der Waals surface area contributed by atoms with E-state index in [1.165, 1.54) is 0 Å². The normalized spacial score (nSPS) is 9.93. The van der Waals surface area contributed by atoms with Gasteiger partial charge in [0.15, 0.2) is 5.78 Å². The summed E-state index contributed by atoms with van der Waals surface area (Å²) in [6, 6.07) is 5.33. The van der Waals surface area contributed by atoms with E-state index in [0.29, 0.717) is 23.6 Å². The summed E-state index contributed by atoms with van der Waals surface area (Å²) >= 11 is 8.81. The first-order chi connectivity index (χ1) is 6.69. The van der Waals surface area contributed by atoms with Gasteiger partial charge in [0.1, 0.15) is 5.75 Å². The van der Waals surface area contributed by atoms with E-state index in [1.807, 2.05) is 6.07 Å². The zero-order chi connectivity index (χ0) is 10.6. The number of ether oxygens (including phenoxy) is 1. The highest BCUT2D eigenvalue weighted by Crippen LogP contribution is 2.24. The summed E-state index contributed by atoms with van der Waals surface area (Å²) in [6.07, 6.45) is 0.328. The van der Waals surface area contributed by atoms with Crippen LogP contribution in [0.25, 0.3) is 0 Å². The van der Waals surface area contributed by atoms with Gasteiger partial charge in [-0.15, -0.1) is 11.6 Å². The molecule has 4 heteroatoms. The first-order valence-electron chi connectivity index (χ1n) is 4.11. The van der Waals surface area contributed by atoms with Crippen LogP contribution in [0.2, 0.25) is 0 Å². The second-order valence-corrected chi connectivity index (χ2v) is 4.00. The summed E-state index contributed by atoms with van der Waals surface area (Å²) in [5.74, 6) is 0.913. The Bertz CT molecular complexity index is 339. The average Bonchev–Trinajstić information content (AvgIpc) is 2.18. The van der Waals surface area contributed by atoms with Crippen molar-refractivity contribution < 1.29 is 9.53 Å². The highest BCUT2D eigenvalue weighted by atomic mass is 79.9. The van der Waals surface area contributed by atoms with Gasteiger partial charge in [-0.3, -0.25) is 4.79 Å². The molecule has 0 aliphatic rings. The zero-order valence-electron chi connectivity index (χ0n) is 7.72. The molecule has 0 heterocycles. The predicted octanol–water partition coefficient (Wildman–Crippen LogP) is 3.27. The summed E-state index contributed by atoms with van der Waals surface area (Å²) in [5.41, 5.74) is 0.572. The summed E-state index contributed by atoms with van der Waals surface area (Å²) in [6.45, 7) is 0. The molecule has 0 bridgehead atoms. The second kappa shape index (κ2) is 5.37. The van der Waals surface area contributed by atoms with E-state index in [0.717, 1.165) is 4.47 Å². The van der Waals surface area contributed by atoms with Crippen molar-refractivity contribution >= 4 is 33.3 Å². The molecular formula is C10H10BrClO2. The van der Waals surface area contributed by atoms with Crippen molar-refractivity contribution in [1.82, 2.24) is 0 Å². The first kappa shape index (κ1) is 11.5. The molecule has 0 radical (unpaired) electrons. The lowest BCUT2D eigenvalue weighted by Crippen LogP contribution is -2.02. The van der Waals surface area contributed by atoms with E-state index in [1.54, 1.807) is 19.2 Å². The number of alkyl halides is 1. The molecule has 0 unspecified atom stereocenters. The van der Waals surface area contributed by atoms with Crippen molar-refractivity contribution in [3.05, 3.63) is 28.2 Å². The van der Waals surface area contributed by atoms with Gasteiger partial charge in [0.25, 0.3) is 0 Å². The maximum atomic E-state index is 11.6. The number of carbonyl (C=O) groups is 1. The molecule has 1 aromatic rings. The Morgan fingerprint density at radius 3 is 2.86 bits per heavy atom. The number of hydrogen-bond donors (Lipinski definition) is 0.